The average molecular weight is 293 g/mol. The number of fused-ring (bicyclic) bond motifs is 2. The fourth-order valence-electron chi connectivity index (χ4n) is 1.83. The number of carbonyl (C=O) groups excluding carboxylic acids is 1. The number of carbonyl (C=O) groups is 1. The van der Waals surface area contributed by atoms with Crippen LogP contribution >= 0.6 is 0 Å². The van der Waals surface area contributed by atoms with Gasteiger partial charge in [-0.25, -0.2) is 4.79 Å². The predicted octanol–water partition coefficient (Wildman–Crippen LogP) is -0.741. The standard InChI is InChI=1S/C13H10O8/c14-8-2-1-7(5-9(8)15)3-4-12-6-10(16)13(18,21-20-12)11(17)19-12/h1-6,14-16,18H/p-1/b4-3+. The summed E-state index contributed by atoms with van der Waals surface area (Å²) < 4.78 is 4.81. The summed E-state index contributed by atoms with van der Waals surface area (Å²) in [5.74, 6) is -7.55. The van der Waals surface area contributed by atoms with Crippen molar-refractivity contribution in [2.75, 3.05) is 0 Å². The second-order valence-electron chi connectivity index (χ2n) is 4.51. The number of phenols is 2. The van der Waals surface area contributed by atoms with Gasteiger partial charge >= 0.3 is 11.8 Å². The van der Waals surface area contributed by atoms with E-state index in [2.05, 4.69) is 4.89 Å². The first-order chi connectivity index (χ1) is 9.85. The molecule has 1 aromatic carbocycles. The molecule has 8 heteroatoms. The topological polar surface area (TPSA) is 129 Å². The Bertz CT molecular complexity index is 679. The molecule has 1 fully saturated rings. The average Bonchev–Trinajstić information content (AvgIpc) is 2.44. The second-order valence-corrected chi connectivity index (χ2v) is 4.51. The maximum absolute atomic E-state index is 11.6. The van der Waals surface area contributed by atoms with Crippen LogP contribution in [-0.2, 0) is 19.3 Å². The van der Waals surface area contributed by atoms with Crippen LogP contribution in [0.5, 0.6) is 11.5 Å². The Balaban J connectivity index is 1.92. The molecule has 3 heterocycles. The summed E-state index contributed by atoms with van der Waals surface area (Å²) in [6.07, 6.45) is 3.41. The SMILES string of the molecule is O=C1OC2(/C=C/c3ccc(O)c(O)c3)C=C([O-])C1(O)OO2. The lowest BCUT2D eigenvalue weighted by molar-refractivity contribution is -0.524. The van der Waals surface area contributed by atoms with E-state index in [1.54, 1.807) is 0 Å². The largest absolute Gasteiger partial charge is 0.871 e. The molecule has 3 aliphatic heterocycles. The maximum atomic E-state index is 11.6. The van der Waals surface area contributed by atoms with E-state index in [0.717, 1.165) is 6.08 Å². The lowest BCUT2D eigenvalue weighted by Gasteiger charge is -2.46. The van der Waals surface area contributed by atoms with Crippen molar-refractivity contribution in [1.29, 1.82) is 0 Å². The van der Waals surface area contributed by atoms with Gasteiger partial charge in [-0.2, -0.15) is 9.78 Å². The van der Waals surface area contributed by atoms with Crippen molar-refractivity contribution in [2.24, 2.45) is 0 Å². The van der Waals surface area contributed by atoms with Gasteiger partial charge in [-0.1, -0.05) is 17.9 Å². The molecule has 0 radical (unpaired) electrons. The molecule has 3 N–H and O–H groups in total. The number of esters is 1. The number of aliphatic hydroxyl groups is 1. The number of hydrogen-bond donors (Lipinski definition) is 3. The zero-order valence-corrected chi connectivity index (χ0v) is 10.3. The molecule has 2 bridgehead atoms. The Labute approximate surface area is 117 Å². The van der Waals surface area contributed by atoms with Crippen molar-refractivity contribution >= 4 is 12.0 Å². The summed E-state index contributed by atoms with van der Waals surface area (Å²) in [6.45, 7) is 0. The molecule has 0 amide bonds. The van der Waals surface area contributed by atoms with E-state index < -0.39 is 23.3 Å². The van der Waals surface area contributed by atoms with Gasteiger partial charge in [0, 0.05) is 0 Å². The van der Waals surface area contributed by atoms with Gasteiger partial charge in [-0.05, 0) is 29.8 Å². The van der Waals surface area contributed by atoms with Crippen molar-refractivity contribution in [3.63, 3.8) is 0 Å². The van der Waals surface area contributed by atoms with Crippen molar-refractivity contribution in [1.82, 2.24) is 0 Å². The first-order valence-electron chi connectivity index (χ1n) is 5.79. The molecule has 2 atom stereocenters. The quantitative estimate of drug-likeness (QED) is 0.369. The van der Waals surface area contributed by atoms with Gasteiger partial charge in [0.25, 0.3) is 5.79 Å². The highest BCUT2D eigenvalue weighted by atomic mass is 17.3. The van der Waals surface area contributed by atoms with Crippen LogP contribution in [0.2, 0.25) is 0 Å². The normalized spacial score (nSPS) is 31.3. The van der Waals surface area contributed by atoms with E-state index >= 15 is 0 Å². The third kappa shape index (κ3) is 2.02. The van der Waals surface area contributed by atoms with E-state index in [9.17, 15) is 25.2 Å². The Morgan fingerprint density at radius 1 is 1.19 bits per heavy atom. The second kappa shape index (κ2) is 4.22. The third-order valence-electron chi connectivity index (χ3n) is 3.00. The number of benzene rings is 1. The van der Waals surface area contributed by atoms with Gasteiger partial charge in [-0.3, -0.25) is 0 Å². The lowest BCUT2D eigenvalue weighted by Crippen LogP contribution is -2.62. The molecule has 0 saturated carbocycles. The molecule has 0 aromatic heterocycles. The molecule has 1 aromatic rings. The van der Waals surface area contributed by atoms with Crippen molar-refractivity contribution in [3.8, 4) is 11.5 Å². The number of phenolic OH excluding ortho intramolecular Hbond substituents is 2. The molecule has 0 spiro atoms. The number of hydrogen-bond acceptors (Lipinski definition) is 8. The highest BCUT2D eigenvalue weighted by molar-refractivity contribution is 5.83. The van der Waals surface area contributed by atoms with Gasteiger partial charge in [0.15, 0.2) is 11.5 Å². The fourth-order valence-corrected chi connectivity index (χ4v) is 1.83. The minimum absolute atomic E-state index is 0.293. The van der Waals surface area contributed by atoms with Crippen molar-refractivity contribution in [2.45, 2.75) is 11.6 Å². The van der Waals surface area contributed by atoms with Crippen molar-refractivity contribution in [3.05, 3.63) is 41.7 Å². The maximum Gasteiger partial charge on any atom is 0.376 e. The monoisotopic (exact) mass is 293 g/mol. The molecular formula is C13H9O8-. The Hall–Kier alpha value is -2.55. The molecule has 21 heavy (non-hydrogen) atoms. The number of ether oxygens (including phenoxy) is 1. The molecule has 110 valence electrons. The Morgan fingerprint density at radius 2 is 1.95 bits per heavy atom. The molecule has 2 unspecified atom stereocenters. The van der Waals surface area contributed by atoms with E-state index in [1.165, 1.54) is 30.4 Å². The van der Waals surface area contributed by atoms with Gasteiger partial charge in [-0.15, -0.1) is 0 Å². The first kappa shape index (κ1) is 13.4. The van der Waals surface area contributed by atoms with Crippen LogP contribution in [0.1, 0.15) is 5.56 Å². The molecule has 0 aliphatic carbocycles. The van der Waals surface area contributed by atoms with E-state index in [0.29, 0.717) is 5.56 Å². The molecular weight excluding hydrogens is 284 g/mol. The molecule has 4 rings (SSSR count). The van der Waals surface area contributed by atoms with Gasteiger partial charge in [0.05, 0.1) is 0 Å². The molecule has 1 saturated heterocycles. The Kier molecular flexibility index (Phi) is 2.70. The number of aromatic hydroxyl groups is 2. The minimum Gasteiger partial charge on any atom is -0.871 e. The summed E-state index contributed by atoms with van der Waals surface area (Å²) in [5.41, 5.74) is 0.437. The van der Waals surface area contributed by atoms with E-state index in [-0.39, 0.29) is 11.5 Å². The van der Waals surface area contributed by atoms with Gasteiger partial charge in [0.2, 0.25) is 0 Å². The zero-order chi connectivity index (χ0) is 15.3. The minimum atomic E-state index is -2.76. The Morgan fingerprint density at radius 3 is 2.57 bits per heavy atom. The fraction of sp³-hybridized carbons (Fsp3) is 0.154. The van der Waals surface area contributed by atoms with Gasteiger partial charge in [0.1, 0.15) is 0 Å². The van der Waals surface area contributed by atoms with Crippen LogP contribution < -0.4 is 5.11 Å². The van der Waals surface area contributed by atoms with E-state index in [1.807, 2.05) is 0 Å². The highest BCUT2D eigenvalue weighted by Gasteiger charge is 2.56. The molecule has 8 nitrogen and oxygen atoms in total. The first-order valence-corrected chi connectivity index (χ1v) is 5.79. The highest BCUT2D eigenvalue weighted by Crippen LogP contribution is 2.38. The van der Waals surface area contributed by atoms with Crippen LogP contribution in [-0.4, -0.2) is 32.9 Å². The lowest BCUT2D eigenvalue weighted by atomic mass is 10.0. The van der Waals surface area contributed by atoms with E-state index in [4.69, 9.17) is 9.62 Å². The van der Waals surface area contributed by atoms with Crippen molar-refractivity contribution < 1.29 is 39.7 Å². The van der Waals surface area contributed by atoms with Crippen LogP contribution in [0.3, 0.4) is 0 Å². The van der Waals surface area contributed by atoms with Crippen LogP contribution in [0.15, 0.2) is 36.1 Å². The van der Waals surface area contributed by atoms with Crippen LogP contribution in [0, 0.1) is 0 Å². The zero-order valence-electron chi connectivity index (χ0n) is 10.3. The summed E-state index contributed by atoms with van der Waals surface area (Å²) in [4.78, 5) is 20.6. The van der Waals surface area contributed by atoms with Crippen LogP contribution in [0.25, 0.3) is 6.08 Å². The molecule has 3 aliphatic rings. The summed E-state index contributed by atoms with van der Waals surface area (Å²) >= 11 is 0. The summed E-state index contributed by atoms with van der Waals surface area (Å²) in [6, 6.07) is 3.97. The van der Waals surface area contributed by atoms with Crippen LogP contribution in [0.4, 0.5) is 0 Å². The van der Waals surface area contributed by atoms with Gasteiger partial charge < -0.3 is 25.2 Å². The third-order valence-corrected chi connectivity index (χ3v) is 3.00. The predicted molar refractivity (Wildman–Crippen MR) is 62.8 cm³/mol. The smallest absolute Gasteiger partial charge is 0.376 e. The summed E-state index contributed by atoms with van der Waals surface area (Å²) in [7, 11) is 0. The number of rotatable bonds is 2. The summed E-state index contributed by atoms with van der Waals surface area (Å²) in [5, 5.41) is 39.7.